The standard InChI is InChI=1S/C8H13N3O/c1-11-8(9)5-3-2-4-6(12)7(5)10-11/h6,12H,2-4,9H2,1H3. The molecule has 0 saturated heterocycles. The zero-order valence-corrected chi connectivity index (χ0v) is 7.12. The van der Waals surface area contributed by atoms with Crippen molar-refractivity contribution in [3.8, 4) is 0 Å². The molecule has 1 aliphatic rings. The molecule has 1 heterocycles. The third-order valence-electron chi connectivity index (χ3n) is 2.44. The third kappa shape index (κ3) is 0.914. The lowest BCUT2D eigenvalue weighted by molar-refractivity contribution is 0.151. The molecule has 0 saturated carbocycles. The largest absolute Gasteiger partial charge is 0.387 e. The highest BCUT2D eigenvalue weighted by atomic mass is 16.3. The fraction of sp³-hybridized carbons (Fsp3) is 0.625. The van der Waals surface area contributed by atoms with Crippen LogP contribution >= 0.6 is 0 Å². The van der Waals surface area contributed by atoms with Crippen LogP contribution in [0.25, 0.3) is 0 Å². The Kier molecular flexibility index (Phi) is 1.58. The predicted octanol–water partition coefficient (Wildman–Crippen LogP) is 0.372. The van der Waals surface area contributed by atoms with Crippen molar-refractivity contribution < 1.29 is 5.11 Å². The van der Waals surface area contributed by atoms with E-state index in [1.54, 1.807) is 11.7 Å². The van der Waals surface area contributed by atoms with Crippen molar-refractivity contribution in [1.82, 2.24) is 9.78 Å². The van der Waals surface area contributed by atoms with E-state index in [1.807, 2.05) is 0 Å². The van der Waals surface area contributed by atoms with E-state index in [0.717, 1.165) is 30.5 Å². The Hall–Kier alpha value is -1.03. The van der Waals surface area contributed by atoms with E-state index < -0.39 is 6.10 Å². The first-order valence-electron chi connectivity index (χ1n) is 4.19. The van der Waals surface area contributed by atoms with Crippen LogP contribution in [0, 0.1) is 0 Å². The van der Waals surface area contributed by atoms with Crippen molar-refractivity contribution in [2.45, 2.75) is 25.4 Å². The summed E-state index contributed by atoms with van der Waals surface area (Å²) in [5.74, 6) is 0.698. The highest BCUT2D eigenvalue weighted by Crippen LogP contribution is 2.31. The molecule has 0 amide bonds. The number of aromatic nitrogens is 2. The zero-order valence-electron chi connectivity index (χ0n) is 7.12. The molecule has 12 heavy (non-hydrogen) atoms. The van der Waals surface area contributed by atoms with Crippen molar-refractivity contribution in [2.24, 2.45) is 7.05 Å². The number of nitrogens with two attached hydrogens (primary N) is 1. The van der Waals surface area contributed by atoms with Crippen molar-refractivity contribution in [3.05, 3.63) is 11.3 Å². The number of rotatable bonds is 0. The first-order chi connectivity index (χ1) is 5.70. The lowest BCUT2D eigenvalue weighted by Gasteiger charge is -2.15. The van der Waals surface area contributed by atoms with Gasteiger partial charge in [-0.2, -0.15) is 5.10 Å². The van der Waals surface area contributed by atoms with Gasteiger partial charge in [-0.15, -0.1) is 0 Å². The second kappa shape index (κ2) is 2.48. The van der Waals surface area contributed by atoms with Gasteiger partial charge in [0.15, 0.2) is 0 Å². The Labute approximate surface area is 71.0 Å². The monoisotopic (exact) mass is 167 g/mol. The van der Waals surface area contributed by atoms with Crippen LogP contribution < -0.4 is 5.73 Å². The molecular weight excluding hydrogens is 154 g/mol. The molecule has 1 atom stereocenters. The maximum absolute atomic E-state index is 9.57. The molecule has 4 heteroatoms. The minimum Gasteiger partial charge on any atom is -0.387 e. The van der Waals surface area contributed by atoms with Gasteiger partial charge in [-0.05, 0) is 19.3 Å². The molecule has 1 unspecified atom stereocenters. The van der Waals surface area contributed by atoms with Crippen LogP contribution in [0.4, 0.5) is 5.82 Å². The highest BCUT2D eigenvalue weighted by Gasteiger charge is 2.24. The zero-order chi connectivity index (χ0) is 8.72. The average Bonchev–Trinajstić information content (AvgIpc) is 2.32. The number of nitrogen functional groups attached to an aromatic ring is 1. The molecule has 1 aromatic heterocycles. The lowest BCUT2D eigenvalue weighted by atomic mass is 9.95. The van der Waals surface area contributed by atoms with Gasteiger partial charge < -0.3 is 10.8 Å². The SMILES string of the molecule is Cn1nc2c(c1N)CCCC2O. The Balaban J connectivity index is 2.52. The van der Waals surface area contributed by atoms with Crippen LogP contribution in [0.15, 0.2) is 0 Å². The maximum atomic E-state index is 9.57. The molecule has 66 valence electrons. The molecule has 0 aromatic carbocycles. The second-order valence-corrected chi connectivity index (χ2v) is 3.28. The van der Waals surface area contributed by atoms with E-state index in [9.17, 15) is 5.11 Å². The number of nitrogens with zero attached hydrogens (tertiary/aromatic N) is 2. The molecule has 0 aliphatic heterocycles. The molecule has 0 radical (unpaired) electrons. The van der Waals surface area contributed by atoms with Gasteiger partial charge in [0.05, 0.1) is 11.8 Å². The Bertz CT molecular complexity index is 305. The number of hydrogen-bond acceptors (Lipinski definition) is 3. The second-order valence-electron chi connectivity index (χ2n) is 3.28. The average molecular weight is 167 g/mol. The minimum absolute atomic E-state index is 0.405. The molecule has 1 aliphatic carbocycles. The van der Waals surface area contributed by atoms with Crippen LogP contribution in [0.1, 0.15) is 30.2 Å². The van der Waals surface area contributed by atoms with Crippen LogP contribution in [0.3, 0.4) is 0 Å². The van der Waals surface area contributed by atoms with Gasteiger partial charge in [-0.25, -0.2) is 0 Å². The Morgan fingerprint density at radius 2 is 2.42 bits per heavy atom. The summed E-state index contributed by atoms with van der Waals surface area (Å²) >= 11 is 0. The normalized spacial score (nSPS) is 22.3. The van der Waals surface area contributed by atoms with Gasteiger partial charge in [0.2, 0.25) is 0 Å². The number of hydrogen-bond donors (Lipinski definition) is 2. The summed E-state index contributed by atoms with van der Waals surface area (Å²) < 4.78 is 1.64. The van der Waals surface area contributed by atoms with E-state index in [-0.39, 0.29) is 0 Å². The molecule has 0 spiro atoms. The van der Waals surface area contributed by atoms with E-state index in [2.05, 4.69) is 5.10 Å². The Morgan fingerprint density at radius 3 is 3.08 bits per heavy atom. The summed E-state index contributed by atoms with van der Waals surface area (Å²) in [4.78, 5) is 0. The number of aryl methyl sites for hydroxylation is 1. The molecular formula is C8H13N3O. The van der Waals surface area contributed by atoms with Crippen molar-refractivity contribution >= 4 is 5.82 Å². The minimum atomic E-state index is -0.405. The lowest BCUT2D eigenvalue weighted by Crippen LogP contribution is -2.08. The fourth-order valence-corrected chi connectivity index (χ4v) is 1.74. The van der Waals surface area contributed by atoms with Crippen molar-refractivity contribution in [1.29, 1.82) is 0 Å². The summed E-state index contributed by atoms with van der Waals surface area (Å²) in [6.07, 6.45) is 2.36. The summed E-state index contributed by atoms with van der Waals surface area (Å²) in [5.41, 5.74) is 7.59. The number of aliphatic hydroxyl groups excluding tert-OH is 1. The summed E-state index contributed by atoms with van der Waals surface area (Å²) in [5, 5.41) is 13.7. The van der Waals surface area contributed by atoms with Crippen molar-refractivity contribution in [2.75, 3.05) is 5.73 Å². The molecule has 0 fully saturated rings. The molecule has 3 N–H and O–H groups in total. The van der Waals surface area contributed by atoms with Gasteiger partial charge in [0.1, 0.15) is 5.82 Å². The number of aliphatic hydroxyl groups is 1. The summed E-state index contributed by atoms with van der Waals surface area (Å²) in [7, 11) is 1.81. The van der Waals surface area contributed by atoms with Crippen molar-refractivity contribution in [3.63, 3.8) is 0 Å². The third-order valence-corrected chi connectivity index (χ3v) is 2.44. The van der Waals surface area contributed by atoms with Gasteiger partial charge in [0, 0.05) is 12.6 Å². The van der Waals surface area contributed by atoms with Crippen LogP contribution in [-0.4, -0.2) is 14.9 Å². The Morgan fingerprint density at radius 1 is 1.67 bits per heavy atom. The van der Waals surface area contributed by atoms with E-state index in [4.69, 9.17) is 5.73 Å². The maximum Gasteiger partial charge on any atom is 0.124 e. The fourth-order valence-electron chi connectivity index (χ4n) is 1.74. The molecule has 1 aromatic rings. The van der Waals surface area contributed by atoms with Gasteiger partial charge in [-0.1, -0.05) is 0 Å². The topological polar surface area (TPSA) is 64.1 Å². The van der Waals surface area contributed by atoms with Crippen LogP contribution in [0.5, 0.6) is 0 Å². The first kappa shape index (κ1) is 7.61. The number of anilines is 1. The first-order valence-corrected chi connectivity index (χ1v) is 4.19. The van der Waals surface area contributed by atoms with Crippen LogP contribution in [-0.2, 0) is 13.5 Å². The van der Waals surface area contributed by atoms with Gasteiger partial charge in [-0.3, -0.25) is 4.68 Å². The number of fused-ring (bicyclic) bond motifs is 1. The van der Waals surface area contributed by atoms with E-state index in [1.165, 1.54) is 0 Å². The molecule has 0 bridgehead atoms. The summed E-state index contributed by atoms with van der Waals surface area (Å²) in [6, 6.07) is 0. The predicted molar refractivity (Wildman–Crippen MR) is 45.5 cm³/mol. The van der Waals surface area contributed by atoms with Crippen LogP contribution in [0.2, 0.25) is 0 Å². The quantitative estimate of drug-likeness (QED) is 0.587. The van der Waals surface area contributed by atoms with E-state index in [0.29, 0.717) is 5.82 Å². The van der Waals surface area contributed by atoms with Gasteiger partial charge >= 0.3 is 0 Å². The smallest absolute Gasteiger partial charge is 0.124 e. The molecule has 4 nitrogen and oxygen atoms in total. The summed E-state index contributed by atoms with van der Waals surface area (Å²) in [6.45, 7) is 0. The highest BCUT2D eigenvalue weighted by molar-refractivity contribution is 5.45. The van der Waals surface area contributed by atoms with Gasteiger partial charge in [0.25, 0.3) is 0 Å². The molecule has 2 rings (SSSR count). The van der Waals surface area contributed by atoms with E-state index >= 15 is 0 Å².